The highest BCUT2D eigenvalue weighted by molar-refractivity contribution is 5.92. The number of benzene rings is 3. The van der Waals surface area contributed by atoms with Crippen LogP contribution in [0.4, 0.5) is 0 Å². The van der Waals surface area contributed by atoms with Gasteiger partial charge in [-0.15, -0.1) is 0 Å². The first-order valence-electron chi connectivity index (χ1n) is 9.77. The van der Waals surface area contributed by atoms with Gasteiger partial charge in [-0.25, -0.2) is 0 Å². The van der Waals surface area contributed by atoms with Crippen LogP contribution in [0.5, 0.6) is 17.2 Å². The van der Waals surface area contributed by atoms with E-state index in [1.807, 2.05) is 19.2 Å². The second-order valence-corrected chi connectivity index (χ2v) is 6.93. The summed E-state index contributed by atoms with van der Waals surface area (Å²) in [6, 6.07) is 18.1. The molecule has 0 bridgehead atoms. The molecule has 5 nitrogen and oxygen atoms in total. The van der Waals surface area contributed by atoms with Crippen LogP contribution in [0.15, 0.2) is 60.7 Å². The van der Waals surface area contributed by atoms with Gasteiger partial charge in [0.05, 0.1) is 21.3 Å². The zero-order valence-electron chi connectivity index (χ0n) is 17.8. The summed E-state index contributed by atoms with van der Waals surface area (Å²) in [6.45, 7) is 0.625. The van der Waals surface area contributed by atoms with Gasteiger partial charge in [0.15, 0.2) is 11.5 Å². The predicted molar refractivity (Wildman–Crippen MR) is 120 cm³/mol. The molecule has 0 aromatic heterocycles. The van der Waals surface area contributed by atoms with E-state index in [2.05, 4.69) is 30.3 Å². The minimum Gasteiger partial charge on any atom is -0.496 e. The van der Waals surface area contributed by atoms with E-state index in [0.717, 1.165) is 12.0 Å². The highest BCUT2D eigenvalue weighted by atomic mass is 16.5. The third-order valence-corrected chi connectivity index (χ3v) is 5.11. The molecule has 30 heavy (non-hydrogen) atoms. The number of carbonyl (C=O) groups excluding carboxylic acids is 1. The quantitative estimate of drug-likeness (QED) is 0.515. The molecule has 0 heterocycles. The summed E-state index contributed by atoms with van der Waals surface area (Å²) < 4.78 is 16.1. The predicted octanol–water partition coefficient (Wildman–Crippen LogP) is 4.58. The minimum absolute atomic E-state index is 0.0768. The molecule has 0 atom stereocenters. The van der Waals surface area contributed by atoms with Gasteiger partial charge in [0.1, 0.15) is 5.75 Å². The standard InChI is InChI=1S/C25H27NO4/c1-26(15-14-19-10-7-9-18-8-5-6-11-21(18)19)25(27)13-12-20-16-23(29-3)24(30-4)17-22(20)28-2/h5-13,16-17H,14-15H2,1-4H3. The molecule has 0 N–H and O–H groups in total. The molecule has 5 heteroatoms. The van der Waals surface area contributed by atoms with Gasteiger partial charge >= 0.3 is 0 Å². The lowest BCUT2D eigenvalue weighted by Crippen LogP contribution is -2.27. The van der Waals surface area contributed by atoms with Gasteiger partial charge in [-0.1, -0.05) is 42.5 Å². The number of methoxy groups -OCH3 is 3. The largest absolute Gasteiger partial charge is 0.496 e. The monoisotopic (exact) mass is 405 g/mol. The van der Waals surface area contributed by atoms with Crippen molar-refractivity contribution in [1.82, 2.24) is 4.90 Å². The van der Waals surface area contributed by atoms with Gasteiger partial charge in [0, 0.05) is 31.3 Å². The molecule has 3 rings (SSSR count). The van der Waals surface area contributed by atoms with Crippen LogP contribution in [0.3, 0.4) is 0 Å². The summed E-state index contributed by atoms with van der Waals surface area (Å²) in [7, 11) is 6.53. The first-order valence-corrected chi connectivity index (χ1v) is 9.77. The highest BCUT2D eigenvalue weighted by Gasteiger charge is 2.11. The van der Waals surface area contributed by atoms with Crippen molar-refractivity contribution < 1.29 is 19.0 Å². The average molecular weight is 405 g/mol. The Hall–Kier alpha value is -3.47. The van der Waals surface area contributed by atoms with Crippen molar-refractivity contribution in [2.24, 2.45) is 0 Å². The van der Waals surface area contributed by atoms with E-state index in [0.29, 0.717) is 23.8 Å². The third-order valence-electron chi connectivity index (χ3n) is 5.11. The number of rotatable bonds is 8. The van der Waals surface area contributed by atoms with Crippen molar-refractivity contribution >= 4 is 22.8 Å². The number of nitrogens with zero attached hydrogens (tertiary/aromatic N) is 1. The fourth-order valence-electron chi connectivity index (χ4n) is 3.38. The number of carbonyl (C=O) groups is 1. The molecule has 0 unspecified atom stereocenters. The molecular formula is C25H27NO4. The van der Waals surface area contributed by atoms with E-state index in [-0.39, 0.29) is 5.91 Å². The summed E-state index contributed by atoms with van der Waals surface area (Å²) in [4.78, 5) is 14.3. The van der Waals surface area contributed by atoms with Crippen LogP contribution in [-0.4, -0.2) is 45.7 Å². The Bertz CT molecular complexity index is 1050. The summed E-state index contributed by atoms with van der Waals surface area (Å²) in [5.41, 5.74) is 1.98. The molecular weight excluding hydrogens is 378 g/mol. The normalized spacial score (nSPS) is 10.9. The lowest BCUT2D eigenvalue weighted by molar-refractivity contribution is -0.124. The van der Waals surface area contributed by atoms with Crippen LogP contribution in [0.1, 0.15) is 11.1 Å². The maximum Gasteiger partial charge on any atom is 0.246 e. The molecule has 0 aliphatic carbocycles. The number of hydrogen-bond acceptors (Lipinski definition) is 4. The van der Waals surface area contributed by atoms with Crippen molar-refractivity contribution in [3.05, 3.63) is 71.8 Å². The Morgan fingerprint density at radius 2 is 1.57 bits per heavy atom. The van der Waals surface area contributed by atoms with Crippen molar-refractivity contribution in [1.29, 1.82) is 0 Å². The van der Waals surface area contributed by atoms with E-state index in [4.69, 9.17) is 14.2 Å². The van der Waals surface area contributed by atoms with Crippen molar-refractivity contribution in [3.8, 4) is 17.2 Å². The van der Waals surface area contributed by atoms with Crippen LogP contribution in [-0.2, 0) is 11.2 Å². The third kappa shape index (κ3) is 4.74. The number of likely N-dealkylation sites (N-methyl/N-ethyl adjacent to an activating group) is 1. The van der Waals surface area contributed by atoms with Gasteiger partial charge in [0.2, 0.25) is 5.91 Å². The Morgan fingerprint density at radius 3 is 2.30 bits per heavy atom. The molecule has 0 fully saturated rings. The molecule has 3 aromatic rings. The van der Waals surface area contributed by atoms with Crippen LogP contribution in [0, 0.1) is 0 Å². The summed E-state index contributed by atoms with van der Waals surface area (Å²) >= 11 is 0. The van der Waals surface area contributed by atoms with Crippen molar-refractivity contribution in [2.45, 2.75) is 6.42 Å². The van der Waals surface area contributed by atoms with Gasteiger partial charge in [0.25, 0.3) is 0 Å². The smallest absolute Gasteiger partial charge is 0.246 e. The molecule has 0 saturated carbocycles. The lowest BCUT2D eigenvalue weighted by Gasteiger charge is -2.16. The van der Waals surface area contributed by atoms with Gasteiger partial charge in [-0.2, -0.15) is 0 Å². The van der Waals surface area contributed by atoms with Crippen LogP contribution in [0.2, 0.25) is 0 Å². The Balaban J connectivity index is 1.70. The number of fused-ring (bicyclic) bond motifs is 1. The molecule has 0 saturated heterocycles. The second kappa shape index (κ2) is 9.83. The van der Waals surface area contributed by atoms with E-state index in [9.17, 15) is 4.79 Å². The lowest BCUT2D eigenvalue weighted by atomic mass is 10.0. The summed E-state index contributed by atoms with van der Waals surface area (Å²) in [5.74, 6) is 1.68. The van der Waals surface area contributed by atoms with E-state index in [1.54, 1.807) is 50.5 Å². The Kier molecular flexibility index (Phi) is 6.96. The molecule has 0 spiro atoms. The second-order valence-electron chi connectivity index (χ2n) is 6.93. The molecule has 0 aliphatic heterocycles. The zero-order valence-corrected chi connectivity index (χ0v) is 17.8. The Labute approximate surface area is 177 Å². The molecule has 156 valence electrons. The number of amides is 1. The molecule has 1 amide bonds. The molecule has 0 aliphatic rings. The fraction of sp³-hybridized carbons (Fsp3) is 0.240. The van der Waals surface area contributed by atoms with Crippen LogP contribution < -0.4 is 14.2 Å². The van der Waals surface area contributed by atoms with Crippen LogP contribution >= 0.6 is 0 Å². The maximum atomic E-state index is 12.6. The number of ether oxygens (including phenoxy) is 3. The number of hydrogen-bond donors (Lipinski definition) is 0. The SMILES string of the molecule is COc1cc(OC)c(OC)cc1C=CC(=O)N(C)CCc1cccc2ccccc12. The highest BCUT2D eigenvalue weighted by Crippen LogP contribution is 2.35. The van der Waals surface area contributed by atoms with Gasteiger partial charge in [-0.3, -0.25) is 4.79 Å². The molecule has 0 radical (unpaired) electrons. The first kappa shape index (κ1) is 21.2. The van der Waals surface area contributed by atoms with Gasteiger partial charge in [-0.05, 0) is 34.9 Å². The average Bonchev–Trinajstić information content (AvgIpc) is 2.80. The van der Waals surface area contributed by atoms with E-state index < -0.39 is 0 Å². The fourth-order valence-corrected chi connectivity index (χ4v) is 3.38. The first-order chi connectivity index (χ1) is 14.6. The maximum absolute atomic E-state index is 12.6. The summed E-state index contributed by atoms with van der Waals surface area (Å²) in [5, 5.41) is 2.44. The van der Waals surface area contributed by atoms with Crippen LogP contribution in [0.25, 0.3) is 16.8 Å². The van der Waals surface area contributed by atoms with Gasteiger partial charge < -0.3 is 19.1 Å². The van der Waals surface area contributed by atoms with E-state index >= 15 is 0 Å². The Morgan fingerprint density at radius 1 is 0.900 bits per heavy atom. The van der Waals surface area contributed by atoms with Crippen molar-refractivity contribution in [3.63, 3.8) is 0 Å². The minimum atomic E-state index is -0.0768. The summed E-state index contributed by atoms with van der Waals surface area (Å²) in [6.07, 6.45) is 4.07. The molecule has 3 aromatic carbocycles. The van der Waals surface area contributed by atoms with Crippen molar-refractivity contribution in [2.75, 3.05) is 34.9 Å². The zero-order chi connectivity index (χ0) is 21.5. The van der Waals surface area contributed by atoms with E-state index in [1.165, 1.54) is 16.3 Å². The topological polar surface area (TPSA) is 48.0 Å².